The lowest BCUT2D eigenvalue weighted by atomic mass is 10.0. The number of fused-ring (bicyclic) bond motifs is 1. The summed E-state index contributed by atoms with van der Waals surface area (Å²) >= 11 is 0.275. The highest BCUT2D eigenvalue weighted by Gasteiger charge is 2.27. The van der Waals surface area contributed by atoms with Crippen LogP contribution in [0.3, 0.4) is 0 Å². The van der Waals surface area contributed by atoms with E-state index >= 15 is 0 Å². The van der Waals surface area contributed by atoms with Crippen LogP contribution in [0.25, 0.3) is 10.8 Å². The van der Waals surface area contributed by atoms with Crippen molar-refractivity contribution in [3.8, 4) is 5.75 Å². The SMILES string of the molecule is Cc1cc(/N=N/c2ccc(NS(=O)(=O)c3ccc(/N=N/c4c(S(=O)(=O)O)cc5c(SOOO)cc(/N=N/c6ccc(S(=O)(=O)CCOSOOO)cc6S(=O)(=O)O)c(N)c5c4O)cc3)cc2)c(N)cc1N. The number of benzene rings is 6. The Morgan fingerprint density at radius 2 is 1.23 bits per heavy atom. The molecule has 0 atom stereocenters. The summed E-state index contributed by atoms with van der Waals surface area (Å²) in [6.45, 7) is 1.24. The molecule has 0 aliphatic rings. The molecule has 0 unspecified atom stereocenters. The predicted octanol–water partition coefficient (Wildman–Crippen LogP) is 8.34. The van der Waals surface area contributed by atoms with Crippen LogP contribution < -0.4 is 21.9 Å². The summed E-state index contributed by atoms with van der Waals surface area (Å²) in [6.07, 6.45) is 0. The number of hydrogen-bond donors (Lipinski definition) is 9. The number of hydrogen-bond acceptors (Lipinski definition) is 27. The van der Waals surface area contributed by atoms with Crippen molar-refractivity contribution in [2.75, 3.05) is 34.3 Å². The zero-order valence-electron chi connectivity index (χ0n) is 35.5. The van der Waals surface area contributed by atoms with E-state index in [0.717, 1.165) is 42.0 Å². The first-order valence-electron chi connectivity index (χ1n) is 18.9. The predicted molar refractivity (Wildman–Crippen MR) is 253 cm³/mol. The monoisotopic (exact) mass is 1100 g/mol. The molecule has 6 rings (SSSR count). The Kier molecular flexibility index (Phi) is 16.9. The van der Waals surface area contributed by atoms with Crippen molar-refractivity contribution in [1.29, 1.82) is 0 Å². The normalized spacial score (nSPS) is 12.7. The van der Waals surface area contributed by atoms with Crippen molar-refractivity contribution >= 4 is 132 Å². The quantitative estimate of drug-likeness (QED) is 0.00621. The maximum atomic E-state index is 13.3. The number of nitrogens with one attached hydrogen (secondary N) is 1. The second kappa shape index (κ2) is 22.3. The zero-order chi connectivity index (χ0) is 51.9. The fourth-order valence-electron chi connectivity index (χ4n) is 5.95. The van der Waals surface area contributed by atoms with Gasteiger partial charge in [-0.1, -0.05) is 10.1 Å². The van der Waals surface area contributed by atoms with Gasteiger partial charge in [0.05, 0.1) is 62.3 Å². The van der Waals surface area contributed by atoms with E-state index in [9.17, 15) is 47.9 Å². The maximum absolute atomic E-state index is 13.3. The first kappa shape index (κ1) is 53.9. The Hall–Kier alpha value is -6.48. The molecule has 12 N–H and O–H groups in total. The topological polar surface area (TPSA) is 448 Å². The third kappa shape index (κ3) is 13.3. The summed E-state index contributed by atoms with van der Waals surface area (Å²) in [6, 6.07) is 17.8. The molecule has 0 aliphatic heterocycles. The number of phenolic OH excluding ortho intramolecular Hbond substituents is 1. The lowest BCUT2D eigenvalue weighted by Crippen LogP contribution is -2.12. The molecule has 0 saturated carbocycles. The van der Waals surface area contributed by atoms with Gasteiger partial charge in [-0.3, -0.25) is 18.0 Å². The van der Waals surface area contributed by atoms with Gasteiger partial charge >= 0.3 is 0 Å². The van der Waals surface area contributed by atoms with Crippen LogP contribution in [0, 0.1) is 6.92 Å². The Balaban J connectivity index is 1.30. The van der Waals surface area contributed by atoms with E-state index in [0.29, 0.717) is 28.8 Å². The average Bonchev–Trinajstić information content (AvgIpc) is 3.31. The van der Waals surface area contributed by atoms with Crippen LogP contribution in [0.2, 0.25) is 0 Å². The molecular weight excluding hydrogens is 1060 g/mol. The number of aromatic hydroxyl groups is 1. The standard InChI is InChI=1S/C37H34N10O18S6/c1-19-14-29(27(39)17-26(19)38)44-41-20-2-4-22(5-3-20)47-69(53,54)23-8-6-21(7-9-23)42-46-36-33(71(58,59)60)16-25-31(66-64-62-49)18-30(35(40)34(25)37(36)48)45-43-28-11-10-24(15-32(28)70(55,56)57)68(51,52)13-12-61-67-65-63-50/h2-11,14-18,47-50H,12-13,38-40H2,1H3,(H,55,56,57)(H,58,59,60)/b44-41+,45-43+,46-42+. The molecule has 0 aromatic heterocycles. The number of nitrogen functional groups attached to an aromatic ring is 3. The fourth-order valence-corrected chi connectivity index (χ4v) is 10.3. The molecule has 28 nitrogen and oxygen atoms in total. The molecular formula is C37H34N10O18S6. The first-order valence-corrected chi connectivity index (χ1v) is 26.3. The molecule has 71 heavy (non-hydrogen) atoms. The lowest BCUT2D eigenvalue weighted by molar-refractivity contribution is -0.434. The molecule has 34 heteroatoms. The minimum atomic E-state index is -5.27. The Bertz CT molecular complexity index is 3550. The molecule has 0 fully saturated rings. The van der Waals surface area contributed by atoms with Gasteiger partial charge in [0.2, 0.25) is 0 Å². The highest BCUT2D eigenvalue weighted by Crippen LogP contribution is 2.49. The third-order valence-corrected chi connectivity index (χ3v) is 15.2. The van der Waals surface area contributed by atoms with Gasteiger partial charge < -0.3 is 22.3 Å². The summed E-state index contributed by atoms with van der Waals surface area (Å²) in [5.41, 5.74) is 18.1. The number of azo groups is 3. The summed E-state index contributed by atoms with van der Waals surface area (Å²) < 4.78 is 138. The molecule has 6 aromatic rings. The van der Waals surface area contributed by atoms with Crippen molar-refractivity contribution < 1.29 is 81.3 Å². The van der Waals surface area contributed by atoms with E-state index in [4.69, 9.17) is 31.9 Å². The summed E-state index contributed by atoms with van der Waals surface area (Å²) in [4.78, 5) is -3.21. The molecule has 0 bridgehead atoms. The van der Waals surface area contributed by atoms with E-state index in [-0.39, 0.29) is 50.9 Å². The number of sulfonamides is 1. The van der Waals surface area contributed by atoms with Crippen molar-refractivity contribution in [1.82, 2.24) is 0 Å². The van der Waals surface area contributed by atoms with Gasteiger partial charge in [-0.15, -0.1) is 29.1 Å². The van der Waals surface area contributed by atoms with Crippen LogP contribution in [0.15, 0.2) is 146 Å². The Morgan fingerprint density at radius 3 is 1.86 bits per heavy atom. The maximum Gasteiger partial charge on any atom is 0.296 e. The summed E-state index contributed by atoms with van der Waals surface area (Å²) in [5.74, 6) is -1.81. The van der Waals surface area contributed by atoms with E-state index in [1.165, 1.54) is 36.4 Å². The van der Waals surface area contributed by atoms with E-state index in [2.05, 4.69) is 54.2 Å². The highest BCUT2D eigenvalue weighted by atomic mass is 32.2. The number of sulfone groups is 1. The van der Waals surface area contributed by atoms with Gasteiger partial charge in [0, 0.05) is 21.7 Å². The second-order valence-corrected chi connectivity index (χ2v) is 21.8. The van der Waals surface area contributed by atoms with Crippen LogP contribution in [0.4, 0.5) is 56.9 Å². The number of anilines is 4. The van der Waals surface area contributed by atoms with Crippen molar-refractivity contribution in [3.05, 3.63) is 96.6 Å². The van der Waals surface area contributed by atoms with Crippen LogP contribution in [-0.2, 0) is 63.0 Å². The highest BCUT2D eigenvalue weighted by molar-refractivity contribution is 7.95. The van der Waals surface area contributed by atoms with Gasteiger partial charge in [-0.05, 0) is 103 Å². The van der Waals surface area contributed by atoms with E-state index < -0.39 is 101 Å². The number of nitrogens with zero attached hydrogens (tertiary/aromatic N) is 6. The van der Waals surface area contributed by atoms with Crippen LogP contribution in [0.1, 0.15) is 5.56 Å². The molecule has 0 aliphatic carbocycles. The number of nitrogens with two attached hydrogens (primary N) is 3. The first-order chi connectivity index (χ1) is 33.4. The van der Waals surface area contributed by atoms with Gasteiger partial charge in [-0.2, -0.15) is 27.1 Å². The molecule has 0 spiro atoms. The Morgan fingerprint density at radius 1 is 0.634 bits per heavy atom. The van der Waals surface area contributed by atoms with Crippen molar-refractivity contribution in [2.45, 2.75) is 31.4 Å². The van der Waals surface area contributed by atoms with Crippen LogP contribution in [-0.4, -0.2) is 70.8 Å². The van der Waals surface area contributed by atoms with E-state index in [1.54, 1.807) is 19.1 Å². The van der Waals surface area contributed by atoms with Crippen LogP contribution >= 0.6 is 24.4 Å². The number of aryl methyl sites for hydroxylation is 1. The third-order valence-electron chi connectivity index (χ3n) is 9.35. The number of rotatable bonds is 21. The second-order valence-electron chi connectivity index (χ2n) is 14.0. The molecule has 0 radical (unpaired) electrons. The smallest absolute Gasteiger partial charge is 0.296 e. The molecule has 0 saturated heterocycles. The zero-order valence-corrected chi connectivity index (χ0v) is 40.4. The van der Waals surface area contributed by atoms with Crippen molar-refractivity contribution in [3.63, 3.8) is 0 Å². The van der Waals surface area contributed by atoms with Gasteiger partial charge in [0.25, 0.3) is 30.3 Å². The van der Waals surface area contributed by atoms with Crippen LogP contribution in [0.5, 0.6) is 5.75 Å². The fraction of sp³-hybridized carbons (Fsp3) is 0.0811. The molecule has 6 aromatic carbocycles. The van der Waals surface area contributed by atoms with Gasteiger partial charge in [-0.25, -0.2) is 27.4 Å². The Labute approximate surface area is 410 Å². The number of phenols is 1. The van der Waals surface area contributed by atoms with Crippen molar-refractivity contribution in [2.24, 2.45) is 30.7 Å². The van der Waals surface area contributed by atoms with E-state index in [1.807, 2.05) is 0 Å². The lowest BCUT2D eigenvalue weighted by Gasteiger charge is -2.14. The minimum Gasteiger partial charge on any atom is -0.505 e. The largest absolute Gasteiger partial charge is 0.505 e. The molecule has 376 valence electrons. The van der Waals surface area contributed by atoms with Gasteiger partial charge in [0.15, 0.2) is 27.9 Å². The minimum absolute atomic E-state index is 0.0894. The average molecular weight is 1100 g/mol. The summed E-state index contributed by atoms with van der Waals surface area (Å²) in [7, 11) is -19.0. The summed E-state index contributed by atoms with van der Waals surface area (Å²) in [5, 5.41) is 58.4. The molecule has 0 heterocycles. The molecule has 0 amide bonds. The van der Waals surface area contributed by atoms with Gasteiger partial charge in [0.1, 0.15) is 32.5 Å².